The number of hydrogen-bond acceptors (Lipinski definition) is 9. The highest BCUT2D eigenvalue weighted by Crippen LogP contribution is 2.28. The lowest BCUT2D eigenvalue weighted by Gasteiger charge is -2.36. The van der Waals surface area contributed by atoms with E-state index in [1.54, 1.807) is 83.1 Å². The van der Waals surface area contributed by atoms with Crippen LogP contribution >= 0.6 is 11.6 Å². The Morgan fingerprint density at radius 3 is 1.39 bits per heavy atom. The second kappa shape index (κ2) is 37.9. The minimum atomic E-state index is -0.540. The summed E-state index contributed by atoms with van der Waals surface area (Å²) in [5, 5.41) is 2.86. The maximum absolute atomic E-state index is 14.3. The molecular weight excluding hydrogens is 1080 g/mol. The summed E-state index contributed by atoms with van der Waals surface area (Å²) in [7, 11) is 0. The summed E-state index contributed by atoms with van der Waals surface area (Å²) < 4.78 is 52.9. The predicted molar refractivity (Wildman–Crippen MR) is 335 cm³/mol. The quantitative estimate of drug-likeness (QED) is 0.116. The Labute approximate surface area is 501 Å². The molecule has 0 saturated carbocycles. The summed E-state index contributed by atoms with van der Waals surface area (Å²) >= 11 is 4.82. The highest BCUT2D eigenvalue weighted by molar-refractivity contribution is 6.63. The van der Waals surface area contributed by atoms with Gasteiger partial charge in [0.05, 0.1) is 17.1 Å². The van der Waals surface area contributed by atoms with Crippen LogP contribution in [0.2, 0.25) is 0 Å². The average Bonchev–Trinajstić information content (AvgIpc) is 3.54. The van der Waals surface area contributed by atoms with Crippen LogP contribution in [0.25, 0.3) is 0 Å². The van der Waals surface area contributed by atoms with Gasteiger partial charge in [-0.05, 0) is 164 Å². The van der Waals surface area contributed by atoms with Crippen LogP contribution < -0.4 is 15.1 Å². The molecule has 3 saturated heterocycles. The third-order valence-corrected chi connectivity index (χ3v) is 13.9. The first kappa shape index (κ1) is 74.9. The maximum atomic E-state index is 14.3. The van der Waals surface area contributed by atoms with Gasteiger partial charge in [-0.3, -0.25) is 14.4 Å². The van der Waals surface area contributed by atoms with Gasteiger partial charge in [-0.1, -0.05) is 110 Å². The molecule has 3 aliphatic rings. The van der Waals surface area contributed by atoms with Gasteiger partial charge in [0.1, 0.15) is 28.7 Å². The van der Waals surface area contributed by atoms with Gasteiger partial charge in [0.2, 0.25) is 17.1 Å². The molecule has 4 aromatic carbocycles. The van der Waals surface area contributed by atoms with Gasteiger partial charge in [0, 0.05) is 78.2 Å². The van der Waals surface area contributed by atoms with Crippen molar-refractivity contribution in [2.75, 3.05) is 80.6 Å². The minimum Gasteiger partial charge on any atom is -0.444 e. The summed E-state index contributed by atoms with van der Waals surface area (Å²) in [6.07, 6.45) is 7.49. The summed E-state index contributed by atoms with van der Waals surface area (Å²) in [6, 6.07) is 30.1. The summed E-state index contributed by atoms with van der Waals surface area (Å²) in [4.78, 5) is 68.0. The van der Waals surface area contributed by atoms with Crippen molar-refractivity contribution in [3.05, 3.63) is 126 Å². The van der Waals surface area contributed by atoms with Crippen LogP contribution in [-0.4, -0.2) is 121 Å². The number of rotatable bonds is 15. The topological polar surface area (TPSA) is 132 Å². The molecule has 3 atom stereocenters. The van der Waals surface area contributed by atoms with Gasteiger partial charge >= 0.3 is 12.2 Å². The average molecular weight is 1180 g/mol. The second-order valence-corrected chi connectivity index (χ2v) is 23.0. The fraction of sp³-hybridized carbons (Fsp3) is 0.561. The lowest BCUT2D eigenvalue weighted by Crippen LogP contribution is -2.46. The molecule has 0 bridgehead atoms. The van der Waals surface area contributed by atoms with E-state index in [4.69, 9.17) is 21.1 Å². The summed E-state index contributed by atoms with van der Waals surface area (Å²) in [5.74, 6) is -0.338. The molecule has 0 radical (unpaired) electrons. The number of benzene rings is 4. The molecule has 3 unspecified atom stereocenters. The number of nitrogens with zero attached hydrogens (tertiary/aromatic N) is 5. The SMILES string of the molecule is C.C.C.CC(C)(C)OC(=O)N1CCCC(CNc2ccccc2F)C1.CCC(=O)Cl.CCC(=O)N(CC1CCCN(C(=O)OC(C)(C)C)C1)c1ccccc1F.CCC(=O)N(CC1CCCN(CCc2ccccc2)C1)c1ccccc1F. The first-order chi connectivity index (χ1) is 38.0. The molecule has 83 heavy (non-hydrogen) atoms. The zero-order chi connectivity index (χ0) is 58.8. The normalized spacial score (nSPS) is 16.8. The van der Waals surface area contributed by atoms with Gasteiger partial charge in [0.25, 0.3) is 0 Å². The Balaban J connectivity index is 0.000000589. The number of ether oxygens (including phenoxy) is 2. The number of carbonyl (C=O) groups excluding carboxylic acids is 5. The lowest BCUT2D eigenvalue weighted by atomic mass is 9.96. The predicted octanol–water partition coefficient (Wildman–Crippen LogP) is 15.7. The largest absolute Gasteiger partial charge is 0.444 e. The van der Waals surface area contributed by atoms with Crippen molar-refractivity contribution in [2.45, 2.75) is 160 Å². The van der Waals surface area contributed by atoms with Crippen molar-refractivity contribution in [3.8, 4) is 0 Å². The van der Waals surface area contributed by atoms with E-state index in [1.165, 1.54) is 28.7 Å². The Kier molecular flexibility index (Phi) is 34.2. The fourth-order valence-electron chi connectivity index (χ4n) is 9.63. The molecule has 3 aliphatic heterocycles. The van der Waals surface area contributed by atoms with Crippen LogP contribution in [0.5, 0.6) is 0 Å². The molecule has 3 heterocycles. The minimum absolute atomic E-state index is 0. The second-order valence-electron chi connectivity index (χ2n) is 22.6. The number of nitrogens with one attached hydrogen (secondary N) is 1. The number of likely N-dealkylation sites (tertiary alicyclic amines) is 3. The van der Waals surface area contributed by atoms with E-state index in [2.05, 4.69) is 34.5 Å². The van der Waals surface area contributed by atoms with Crippen LogP contribution in [0.4, 0.5) is 39.8 Å². The first-order valence-corrected chi connectivity index (χ1v) is 28.9. The van der Waals surface area contributed by atoms with Gasteiger partial charge in [-0.25, -0.2) is 22.8 Å². The van der Waals surface area contributed by atoms with Crippen LogP contribution in [-0.2, 0) is 30.3 Å². The molecule has 464 valence electrons. The van der Waals surface area contributed by atoms with Crippen molar-refractivity contribution in [1.29, 1.82) is 0 Å². The molecule has 17 heteroatoms. The van der Waals surface area contributed by atoms with E-state index < -0.39 is 17.0 Å². The highest BCUT2D eigenvalue weighted by Gasteiger charge is 2.32. The van der Waals surface area contributed by atoms with Crippen molar-refractivity contribution in [1.82, 2.24) is 14.7 Å². The van der Waals surface area contributed by atoms with Crippen LogP contribution in [0.15, 0.2) is 103 Å². The zero-order valence-corrected chi connectivity index (χ0v) is 49.6. The Bertz CT molecular complexity index is 2550. The number of piperidine rings is 3. The first-order valence-electron chi connectivity index (χ1n) is 28.5. The molecule has 0 aromatic heterocycles. The van der Waals surface area contributed by atoms with E-state index in [-0.39, 0.29) is 69.1 Å². The molecule has 7 rings (SSSR count). The molecule has 3 fully saturated rings. The Morgan fingerprint density at radius 2 is 0.952 bits per heavy atom. The van der Waals surface area contributed by atoms with E-state index in [1.807, 2.05) is 54.5 Å². The van der Waals surface area contributed by atoms with E-state index in [0.29, 0.717) is 87.4 Å². The Morgan fingerprint density at radius 1 is 0.554 bits per heavy atom. The van der Waals surface area contributed by atoms with E-state index in [9.17, 15) is 37.1 Å². The monoisotopic (exact) mass is 1180 g/mol. The molecule has 1 N–H and O–H groups in total. The van der Waals surface area contributed by atoms with Crippen LogP contribution in [0.1, 0.15) is 148 Å². The number of hydrogen-bond donors (Lipinski definition) is 1. The van der Waals surface area contributed by atoms with Gasteiger partial charge in [-0.15, -0.1) is 0 Å². The summed E-state index contributed by atoms with van der Waals surface area (Å²) in [5.41, 5.74) is 1.56. The van der Waals surface area contributed by atoms with Gasteiger partial charge < -0.3 is 39.3 Å². The number of halogens is 4. The molecule has 0 spiro atoms. The summed E-state index contributed by atoms with van der Waals surface area (Å²) in [6.45, 7) is 23.7. The number of amides is 4. The molecule has 0 aliphatic carbocycles. The molecular formula is C66H100ClF3N6O7. The third kappa shape index (κ3) is 27.4. The number of para-hydroxylation sites is 3. The Hall–Kier alpha value is -6.13. The van der Waals surface area contributed by atoms with Crippen molar-refractivity contribution in [3.63, 3.8) is 0 Å². The van der Waals surface area contributed by atoms with Crippen molar-refractivity contribution in [2.24, 2.45) is 17.8 Å². The van der Waals surface area contributed by atoms with Crippen LogP contribution in [0, 0.1) is 35.2 Å². The zero-order valence-electron chi connectivity index (χ0n) is 48.8. The fourth-order valence-corrected chi connectivity index (χ4v) is 9.63. The number of carbonyl (C=O) groups is 5. The number of anilines is 3. The van der Waals surface area contributed by atoms with E-state index in [0.717, 1.165) is 71.1 Å². The van der Waals surface area contributed by atoms with Gasteiger partial charge in [-0.2, -0.15) is 0 Å². The smallest absolute Gasteiger partial charge is 0.410 e. The lowest BCUT2D eigenvalue weighted by molar-refractivity contribution is -0.119. The van der Waals surface area contributed by atoms with Gasteiger partial charge in [0.15, 0.2) is 0 Å². The third-order valence-electron chi connectivity index (χ3n) is 13.6. The molecule has 13 nitrogen and oxygen atoms in total. The van der Waals surface area contributed by atoms with Crippen molar-refractivity contribution >= 4 is 57.9 Å². The molecule has 4 aromatic rings. The van der Waals surface area contributed by atoms with Crippen LogP contribution in [0.3, 0.4) is 0 Å². The van der Waals surface area contributed by atoms with E-state index >= 15 is 0 Å². The maximum Gasteiger partial charge on any atom is 0.410 e. The van der Waals surface area contributed by atoms with Crippen molar-refractivity contribution < 1.29 is 46.6 Å². The highest BCUT2D eigenvalue weighted by atomic mass is 35.5. The molecule has 4 amide bonds. The standard InChI is InChI=1S/C23H29FN2O.C20H29FN2O3.C17H25FN2O2.C3H5ClO.3CH4/c1-2-23(27)26(22-13-7-6-12-21(22)24)18-20-11-8-15-25(17-20)16-14-19-9-4-3-5-10-19;1-5-18(24)23(17-11-7-6-10-16(17)21)14-15-9-8-12-22(13-15)19(25)26-20(2,3)4;1-17(2,3)22-16(21)20-10-6-7-13(12-20)11-19-15-9-5-4-8-14(15)18;1-2-3(4)5;;;/h3-7,9-10,12-13,20H,2,8,11,14-18H2,1H3;6-7,10-11,15H,5,8-9,12-14H2,1-4H3;4-5,8-9,13,19H,6-7,10-12H2,1-3H3;2H2,1H3;3*1H4.